The zero-order valence-corrected chi connectivity index (χ0v) is 10.9. The van der Waals surface area contributed by atoms with Crippen molar-refractivity contribution in [2.24, 2.45) is 5.92 Å². The van der Waals surface area contributed by atoms with Gasteiger partial charge in [-0.25, -0.2) is 0 Å². The van der Waals surface area contributed by atoms with Gasteiger partial charge >= 0.3 is 0 Å². The lowest BCUT2D eigenvalue weighted by Crippen LogP contribution is -2.34. The van der Waals surface area contributed by atoms with Crippen LogP contribution < -0.4 is 5.32 Å². The van der Waals surface area contributed by atoms with Gasteiger partial charge in [0.25, 0.3) is 0 Å². The number of nitrogens with one attached hydrogen (secondary N) is 1. The molecule has 1 saturated carbocycles. The number of aliphatic hydroxyl groups is 1. The van der Waals surface area contributed by atoms with Gasteiger partial charge in [-0.1, -0.05) is 45.4 Å². The fourth-order valence-electron chi connectivity index (χ4n) is 2.57. The first kappa shape index (κ1) is 14.0. The third-order valence-electron chi connectivity index (χ3n) is 3.73. The first-order chi connectivity index (χ1) is 7.84. The average Bonchev–Trinajstić information content (AvgIpc) is 2.30. The molecule has 0 aromatic rings. The van der Waals surface area contributed by atoms with E-state index < -0.39 is 0 Å². The minimum Gasteiger partial charge on any atom is -0.393 e. The molecule has 2 unspecified atom stereocenters. The van der Waals surface area contributed by atoms with E-state index in [2.05, 4.69) is 12.2 Å². The number of hydrogen-bond donors (Lipinski definition) is 2. The van der Waals surface area contributed by atoms with Gasteiger partial charge in [-0.05, 0) is 31.7 Å². The first-order valence-electron chi connectivity index (χ1n) is 7.23. The van der Waals surface area contributed by atoms with Gasteiger partial charge in [0, 0.05) is 6.54 Å². The summed E-state index contributed by atoms with van der Waals surface area (Å²) in [7, 11) is 0. The molecule has 1 rings (SSSR count). The molecule has 16 heavy (non-hydrogen) atoms. The maximum Gasteiger partial charge on any atom is 0.0580 e. The predicted octanol–water partition coefficient (Wildman–Crippen LogP) is 3.10. The number of unbranched alkanes of at least 4 members (excludes halogenated alkanes) is 4. The highest BCUT2D eigenvalue weighted by atomic mass is 16.3. The predicted molar refractivity (Wildman–Crippen MR) is 69.6 cm³/mol. The summed E-state index contributed by atoms with van der Waals surface area (Å²) in [5, 5.41) is 13.3. The van der Waals surface area contributed by atoms with Crippen LogP contribution in [0.5, 0.6) is 0 Å². The topological polar surface area (TPSA) is 32.3 Å². The summed E-state index contributed by atoms with van der Waals surface area (Å²) in [6.07, 6.45) is 11.4. The van der Waals surface area contributed by atoms with E-state index in [0.29, 0.717) is 5.92 Å². The Bertz CT molecular complexity index is 161. The van der Waals surface area contributed by atoms with Gasteiger partial charge in [-0.2, -0.15) is 0 Å². The standard InChI is InChI=1S/C14H29NO/c1-2-3-4-5-8-11-15-12-13-9-6-7-10-14(13)16/h13-16H,2-12H2,1H3. The van der Waals surface area contributed by atoms with E-state index in [-0.39, 0.29) is 6.10 Å². The summed E-state index contributed by atoms with van der Waals surface area (Å²) in [6, 6.07) is 0. The molecule has 0 heterocycles. The van der Waals surface area contributed by atoms with Crippen LogP contribution >= 0.6 is 0 Å². The Kier molecular flexibility index (Phi) is 7.87. The van der Waals surface area contributed by atoms with Crippen molar-refractivity contribution in [3.05, 3.63) is 0 Å². The molecular formula is C14H29NO. The molecule has 0 saturated heterocycles. The van der Waals surface area contributed by atoms with Crippen molar-refractivity contribution >= 4 is 0 Å². The van der Waals surface area contributed by atoms with Crippen LogP contribution in [0.2, 0.25) is 0 Å². The normalized spacial score (nSPS) is 25.9. The van der Waals surface area contributed by atoms with Crippen LogP contribution in [0.25, 0.3) is 0 Å². The third kappa shape index (κ3) is 5.86. The summed E-state index contributed by atoms with van der Waals surface area (Å²) >= 11 is 0. The van der Waals surface area contributed by atoms with Crippen LogP contribution in [0, 0.1) is 5.92 Å². The van der Waals surface area contributed by atoms with Crippen LogP contribution in [0.3, 0.4) is 0 Å². The lowest BCUT2D eigenvalue weighted by atomic mass is 9.86. The highest BCUT2D eigenvalue weighted by molar-refractivity contribution is 4.75. The van der Waals surface area contributed by atoms with E-state index in [4.69, 9.17) is 0 Å². The Balaban J connectivity index is 1.90. The van der Waals surface area contributed by atoms with E-state index in [0.717, 1.165) is 19.5 Å². The van der Waals surface area contributed by atoms with E-state index in [1.165, 1.54) is 51.4 Å². The van der Waals surface area contributed by atoms with Gasteiger partial charge in [0.15, 0.2) is 0 Å². The van der Waals surface area contributed by atoms with Crippen molar-refractivity contribution in [3.63, 3.8) is 0 Å². The Morgan fingerprint density at radius 1 is 1.06 bits per heavy atom. The number of aliphatic hydroxyl groups excluding tert-OH is 1. The Hall–Kier alpha value is -0.0800. The fourth-order valence-corrected chi connectivity index (χ4v) is 2.57. The minimum atomic E-state index is -0.0404. The highest BCUT2D eigenvalue weighted by Gasteiger charge is 2.21. The van der Waals surface area contributed by atoms with Gasteiger partial charge in [0.1, 0.15) is 0 Å². The van der Waals surface area contributed by atoms with E-state index >= 15 is 0 Å². The summed E-state index contributed by atoms with van der Waals surface area (Å²) in [6.45, 7) is 4.41. The Morgan fingerprint density at radius 3 is 2.56 bits per heavy atom. The second kappa shape index (κ2) is 9.00. The van der Waals surface area contributed by atoms with E-state index in [1.54, 1.807) is 0 Å². The van der Waals surface area contributed by atoms with Crippen molar-refractivity contribution < 1.29 is 5.11 Å². The monoisotopic (exact) mass is 227 g/mol. The summed E-state index contributed by atoms with van der Waals surface area (Å²) in [5.41, 5.74) is 0. The molecule has 1 fully saturated rings. The maximum absolute atomic E-state index is 9.80. The molecule has 0 aromatic heterocycles. The zero-order chi connectivity index (χ0) is 11.6. The lowest BCUT2D eigenvalue weighted by molar-refractivity contribution is 0.0697. The third-order valence-corrected chi connectivity index (χ3v) is 3.73. The molecule has 2 atom stereocenters. The zero-order valence-electron chi connectivity index (χ0n) is 10.9. The fraction of sp³-hybridized carbons (Fsp3) is 1.00. The van der Waals surface area contributed by atoms with Crippen LogP contribution in [-0.4, -0.2) is 24.3 Å². The molecule has 0 aliphatic heterocycles. The van der Waals surface area contributed by atoms with Crippen molar-refractivity contribution in [2.75, 3.05) is 13.1 Å². The van der Waals surface area contributed by atoms with Gasteiger partial charge in [0.2, 0.25) is 0 Å². The molecule has 0 amide bonds. The van der Waals surface area contributed by atoms with E-state index in [9.17, 15) is 5.11 Å². The largest absolute Gasteiger partial charge is 0.393 e. The molecule has 0 bridgehead atoms. The van der Waals surface area contributed by atoms with E-state index in [1.807, 2.05) is 0 Å². The van der Waals surface area contributed by atoms with Crippen molar-refractivity contribution in [2.45, 2.75) is 70.8 Å². The van der Waals surface area contributed by atoms with Crippen molar-refractivity contribution in [1.82, 2.24) is 5.32 Å². The number of hydrogen-bond acceptors (Lipinski definition) is 2. The molecule has 1 aliphatic carbocycles. The summed E-state index contributed by atoms with van der Waals surface area (Å²) in [4.78, 5) is 0. The van der Waals surface area contributed by atoms with Gasteiger partial charge in [-0.3, -0.25) is 0 Å². The second-order valence-corrected chi connectivity index (χ2v) is 5.23. The van der Waals surface area contributed by atoms with Crippen LogP contribution in [0.4, 0.5) is 0 Å². The Morgan fingerprint density at radius 2 is 1.81 bits per heavy atom. The molecule has 1 aliphatic rings. The van der Waals surface area contributed by atoms with Crippen LogP contribution in [0.1, 0.15) is 64.7 Å². The molecule has 96 valence electrons. The maximum atomic E-state index is 9.80. The quantitative estimate of drug-likeness (QED) is 0.625. The van der Waals surface area contributed by atoms with Gasteiger partial charge in [0.05, 0.1) is 6.10 Å². The molecule has 0 radical (unpaired) electrons. The van der Waals surface area contributed by atoms with Crippen LogP contribution in [-0.2, 0) is 0 Å². The summed E-state index contributed by atoms with van der Waals surface area (Å²) in [5.74, 6) is 0.518. The SMILES string of the molecule is CCCCCCCNCC1CCCCC1O. The van der Waals surface area contributed by atoms with Gasteiger partial charge < -0.3 is 10.4 Å². The smallest absolute Gasteiger partial charge is 0.0580 e. The minimum absolute atomic E-state index is 0.0404. The van der Waals surface area contributed by atoms with Crippen molar-refractivity contribution in [1.29, 1.82) is 0 Å². The average molecular weight is 227 g/mol. The summed E-state index contributed by atoms with van der Waals surface area (Å²) < 4.78 is 0. The second-order valence-electron chi connectivity index (χ2n) is 5.23. The molecule has 2 nitrogen and oxygen atoms in total. The molecule has 0 spiro atoms. The lowest BCUT2D eigenvalue weighted by Gasteiger charge is -2.27. The molecular weight excluding hydrogens is 198 g/mol. The van der Waals surface area contributed by atoms with Crippen LogP contribution in [0.15, 0.2) is 0 Å². The molecule has 2 heteroatoms. The first-order valence-corrected chi connectivity index (χ1v) is 7.23. The van der Waals surface area contributed by atoms with Crippen molar-refractivity contribution in [3.8, 4) is 0 Å². The molecule has 0 aromatic carbocycles. The number of rotatable bonds is 8. The molecule has 2 N–H and O–H groups in total. The van der Waals surface area contributed by atoms with Gasteiger partial charge in [-0.15, -0.1) is 0 Å². The highest BCUT2D eigenvalue weighted by Crippen LogP contribution is 2.23. The Labute approximate surface area is 101 Å².